The summed E-state index contributed by atoms with van der Waals surface area (Å²) >= 11 is 1.55. The molecule has 1 saturated heterocycles. The van der Waals surface area contributed by atoms with Gasteiger partial charge < -0.3 is 20.1 Å². The second-order valence-corrected chi connectivity index (χ2v) is 7.51. The average molecular weight is 335 g/mol. The standard InChI is InChI=1S/C17H34O4S/c1-2-3-4-5-6-7-8-9-10-11-12-22-17-16(20)15(19)14(18)13-21-17/h14-20H,2-13H2,1H3/t14-,15+,16-,17+/m1/s1. The Hall–Kier alpha value is 0.190. The van der Waals surface area contributed by atoms with Gasteiger partial charge in [0, 0.05) is 0 Å². The minimum Gasteiger partial charge on any atom is -0.388 e. The molecule has 22 heavy (non-hydrogen) atoms. The number of hydrogen-bond acceptors (Lipinski definition) is 5. The monoisotopic (exact) mass is 334 g/mol. The first-order valence-corrected chi connectivity index (χ1v) is 9.99. The van der Waals surface area contributed by atoms with Crippen LogP contribution in [-0.2, 0) is 4.74 Å². The molecular formula is C17H34O4S. The van der Waals surface area contributed by atoms with E-state index >= 15 is 0 Å². The smallest absolute Gasteiger partial charge is 0.131 e. The topological polar surface area (TPSA) is 69.9 Å². The van der Waals surface area contributed by atoms with E-state index in [2.05, 4.69) is 6.92 Å². The van der Waals surface area contributed by atoms with Gasteiger partial charge in [-0.3, -0.25) is 0 Å². The zero-order chi connectivity index (χ0) is 16.2. The fourth-order valence-electron chi connectivity index (χ4n) is 2.71. The van der Waals surface area contributed by atoms with Crippen molar-refractivity contribution in [2.45, 2.75) is 94.9 Å². The Morgan fingerprint density at radius 3 is 1.95 bits per heavy atom. The van der Waals surface area contributed by atoms with Crippen molar-refractivity contribution in [3.63, 3.8) is 0 Å². The first-order chi connectivity index (χ1) is 10.7. The summed E-state index contributed by atoms with van der Waals surface area (Å²) in [5.74, 6) is 0.932. The molecule has 1 aliphatic rings. The van der Waals surface area contributed by atoms with E-state index in [1.165, 1.54) is 57.8 Å². The van der Waals surface area contributed by atoms with Crippen LogP contribution in [0.3, 0.4) is 0 Å². The number of thioether (sulfide) groups is 1. The van der Waals surface area contributed by atoms with E-state index in [-0.39, 0.29) is 6.61 Å². The zero-order valence-electron chi connectivity index (χ0n) is 14.0. The molecule has 1 heterocycles. The largest absolute Gasteiger partial charge is 0.388 e. The van der Waals surface area contributed by atoms with Gasteiger partial charge in [0.05, 0.1) is 6.61 Å². The number of hydrogen-bond donors (Lipinski definition) is 3. The maximum Gasteiger partial charge on any atom is 0.131 e. The van der Waals surface area contributed by atoms with Gasteiger partial charge >= 0.3 is 0 Å². The zero-order valence-corrected chi connectivity index (χ0v) is 14.8. The molecular weight excluding hydrogens is 300 g/mol. The second-order valence-electron chi connectivity index (χ2n) is 6.30. The van der Waals surface area contributed by atoms with E-state index in [0.717, 1.165) is 12.2 Å². The van der Waals surface area contributed by atoms with E-state index < -0.39 is 23.7 Å². The van der Waals surface area contributed by atoms with Gasteiger partial charge in [0.2, 0.25) is 0 Å². The van der Waals surface area contributed by atoms with Crippen LogP contribution in [0.15, 0.2) is 0 Å². The molecule has 0 aromatic rings. The highest BCUT2D eigenvalue weighted by Gasteiger charge is 2.37. The van der Waals surface area contributed by atoms with Crippen molar-refractivity contribution < 1.29 is 20.1 Å². The lowest BCUT2D eigenvalue weighted by Gasteiger charge is -2.34. The number of rotatable bonds is 12. The Bertz CT molecular complexity index is 265. The quantitative estimate of drug-likeness (QED) is 0.479. The van der Waals surface area contributed by atoms with Gasteiger partial charge in [-0.05, 0) is 12.2 Å². The molecule has 0 saturated carbocycles. The van der Waals surface area contributed by atoms with Crippen LogP contribution >= 0.6 is 11.8 Å². The molecule has 0 aromatic carbocycles. The first kappa shape index (κ1) is 20.2. The third-order valence-corrected chi connectivity index (χ3v) is 5.50. The predicted molar refractivity (Wildman–Crippen MR) is 92.1 cm³/mol. The summed E-state index contributed by atoms with van der Waals surface area (Å²) in [4.78, 5) is 0. The molecule has 1 aliphatic heterocycles. The van der Waals surface area contributed by atoms with Crippen molar-refractivity contribution in [2.75, 3.05) is 12.4 Å². The lowest BCUT2D eigenvalue weighted by molar-refractivity contribution is -0.161. The first-order valence-electron chi connectivity index (χ1n) is 8.94. The maximum atomic E-state index is 9.81. The molecule has 5 heteroatoms. The van der Waals surface area contributed by atoms with Crippen LogP contribution < -0.4 is 0 Å². The summed E-state index contributed by atoms with van der Waals surface area (Å²) in [6.07, 6.45) is 10.1. The fourth-order valence-corrected chi connectivity index (χ4v) is 3.85. The normalized spacial score (nSPS) is 28.9. The van der Waals surface area contributed by atoms with Gasteiger partial charge in [-0.2, -0.15) is 0 Å². The highest BCUT2D eigenvalue weighted by atomic mass is 32.2. The van der Waals surface area contributed by atoms with E-state index in [4.69, 9.17) is 4.74 Å². The number of aliphatic hydroxyl groups is 3. The van der Waals surface area contributed by atoms with Crippen molar-refractivity contribution in [3.8, 4) is 0 Å². The SMILES string of the molecule is CCCCCCCCCCCCS[C@@H]1OC[C@@H](O)[C@H](O)[C@H]1O. The summed E-state index contributed by atoms with van der Waals surface area (Å²) in [7, 11) is 0. The molecule has 3 N–H and O–H groups in total. The molecule has 132 valence electrons. The minimum atomic E-state index is -1.08. The Morgan fingerprint density at radius 2 is 1.36 bits per heavy atom. The van der Waals surface area contributed by atoms with Crippen LogP contribution in [0.4, 0.5) is 0 Å². The van der Waals surface area contributed by atoms with Crippen LogP contribution in [0.5, 0.6) is 0 Å². The number of aliphatic hydroxyl groups excluding tert-OH is 3. The van der Waals surface area contributed by atoms with E-state index in [0.29, 0.717) is 0 Å². The van der Waals surface area contributed by atoms with Gasteiger partial charge in [-0.15, -0.1) is 11.8 Å². The van der Waals surface area contributed by atoms with Crippen molar-refractivity contribution in [1.29, 1.82) is 0 Å². The molecule has 0 unspecified atom stereocenters. The molecule has 4 atom stereocenters. The summed E-state index contributed by atoms with van der Waals surface area (Å²) in [6.45, 7) is 2.35. The molecule has 0 aliphatic carbocycles. The molecule has 4 nitrogen and oxygen atoms in total. The molecule has 0 aromatic heterocycles. The molecule has 1 fully saturated rings. The Morgan fingerprint density at radius 1 is 0.818 bits per heavy atom. The predicted octanol–water partition coefficient (Wildman–Crippen LogP) is 3.08. The van der Waals surface area contributed by atoms with Crippen LogP contribution in [0.1, 0.15) is 71.1 Å². The third-order valence-electron chi connectivity index (χ3n) is 4.23. The molecule has 1 rings (SSSR count). The van der Waals surface area contributed by atoms with Crippen molar-refractivity contribution in [2.24, 2.45) is 0 Å². The Labute approximate surface area is 139 Å². The molecule has 0 amide bonds. The minimum absolute atomic E-state index is 0.105. The van der Waals surface area contributed by atoms with Gasteiger partial charge in [0.1, 0.15) is 23.7 Å². The Kier molecular flexibility index (Phi) is 11.6. The van der Waals surface area contributed by atoms with Crippen LogP contribution in [0, 0.1) is 0 Å². The fraction of sp³-hybridized carbons (Fsp3) is 1.00. The van der Waals surface area contributed by atoms with E-state index in [1.807, 2.05) is 0 Å². The summed E-state index contributed by atoms with van der Waals surface area (Å²) in [5, 5.41) is 28.8. The van der Waals surface area contributed by atoms with E-state index in [1.54, 1.807) is 11.8 Å². The number of unbranched alkanes of at least 4 members (excludes halogenated alkanes) is 9. The number of ether oxygens (including phenoxy) is 1. The van der Waals surface area contributed by atoms with Crippen LogP contribution in [0.2, 0.25) is 0 Å². The molecule has 0 bridgehead atoms. The van der Waals surface area contributed by atoms with Gasteiger partial charge in [0.25, 0.3) is 0 Å². The highest BCUT2D eigenvalue weighted by molar-refractivity contribution is 7.99. The van der Waals surface area contributed by atoms with Gasteiger partial charge in [0.15, 0.2) is 0 Å². The maximum absolute atomic E-state index is 9.81. The average Bonchev–Trinajstić information content (AvgIpc) is 2.52. The molecule has 0 radical (unpaired) electrons. The van der Waals surface area contributed by atoms with Crippen LogP contribution in [0.25, 0.3) is 0 Å². The third kappa shape index (κ3) is 8.16. The molecule has 0 spiro atoms. The lowest BCUT2D eigenvalue weighted by atomic mass is 10.1. The van der Waals surface area contributed by atoms with E-state index in [9.17, 15) is 15.3 Å². The summed E-state index contributed by atoms with van der Waals surface area (Å²) in [5.41, 5.74) is -0.406. The van der Waals surface area contributed by atoms with Gasteiger partial charge in [-0.1, -0.05) is 64.7 Å². The lowest BCUT2D eigenvalue weighted by Crippen LogP contribution is -2.51. The summed E-state index contributed by atoms with van der Waals surface area (Å²) < 4.78 is 5.37. The van der Waals surface area contributed by atoms with Crippen molar-refractivity contribution in [3.05, 3.63) is 0 Å². The second kappa shape index (κ2) is 12.6. The van der Waals surface area contributed by atoms with Gasteiger partial charge in [-0.25, -0.2) is 0 Å². The summed E-state index contributed by atoms with van der Waals surface area (Å²) in [6, 6.07) is 0. The highest BCUT2D eigenvalue weighted by Crippen LogP contribution is 2.25. The van der Waals surface area contributed by atoms with Crippen molar-refractivity contribution in [1.82, 2.24) is 0 Å². The van der Waals surface area contributed by atoms with Crippen molar-refractivity contribution >= 4 is 11.8 Å². The van der Waals surface area contributed by atoms with Crippen LogP contribution in [-0.4, -0.2) is 51.4 Å². The Balaban J connectivity index is 1.89.